The van der Waals surface area contributed by atoms with E-state index in [9.17, 15) is 4.79 Å². The smallest absolute Gasteiger partial charge is 0.322 e. The van der Waals surface area contributed by atoms with Crippen LogP contribution >= 0.6 is 0 Å². The van der Waals surface area contributed by atoms with E-state index in [1.165, 1.54) is 7.11 Å². The van der Waals surface area contributed by atoms with Crippen LogP contribution < -0.4 is 5.32 Å². The normalized spacial score (nSPS) is 14.5. The highest BCUT2D eigenvalue weighted by atomic mass is 16.5. The van der Waals surface area contributed by atoms with Crippen LogP contribution in [0.25, 0.3) is 0 Å². The van der Waals surface area contributed by atoms with E-state index in [0.29, 0.717) is 6.42 Å². The number of methoxy groups -OCH3 is 1. The second-order valence-electron chi connectivity index (χ2n) is 2.72. The van der Waals surface area contributed by atoms with E-state index in [-0.39, 0.29) is 18.1 Å². The number of terminal acetylenes is 1. The Hall–Kier alpha value is -1.01. The van der Waals surface area contributed by atoms with Gasteiger partial charge in [-0.15, -0.1) is 12.3 Å². The third-order valence-electron chi connectivity index (χ3n) is 1.51. The van der Waals surface area contributed by atoms with Gasteiger partial charge in [0.15, 0.2) is 0 Å². The van der Waals surface area contributed by atoms with E-state index in [2.05, 4.69) is 16.0 Å². The zero-order chi connectivity index (χ0) is 9.56. The van der Waals surface area contributed by atoms with Crippen molar-refractivity contribution in [1.82, 2.24) is 5.32 Å². The monoisotopic (exact) mass is 169 g/mol. The maximum Gasteiger partial charge on any atom is 0.322 e. The largest absolute Gasteiger partial charge is 0.468 e. The minimum absolute atomic E-state index is 0.143. The van der Waals surface area contributed by atoms with Crippen LogP contribution in [0.5, 0.6) is 0 Å². The number of ether oxygens (including phenoxy) is 1. The van der Waals surface area contributed by atoms with Crippen molar-refractivity contribution in [3.8, 4) is 12.3 Å². The van der Waals surface area contributed by atoms with Crippen LogP contribution in [0.2, 0.25) is 0 Å². The standard InChI is InChI=1S/C9H15NO2/c1-5-6-7(2)10-8(3)9(11)12-4/h1,7-8,10H,6H2,2-4H3. The first-order valence-electron chi connectivity index (χ1n) is 3.89. The first-order chi connectivity index (χ1) is 5.61. The second kappa shape index (κ2) is 5.62. The minimum atomic E-state index is -0.293. The van der Waals surface area contributed by atoms with Gasteiger partial charge in [0, 0.05) is 12.5 Å². The molecular formula is C9H15NO2. The SMILES string of the molecule is C#CCC(C)NC(C)C(=O)OC. The molecule has 0 fully saturated rings. The summed E-state index contributed by atoms with van der Waals surface area (Å²) in [6.45, 7) is 3.68. The van der Waals surface area contributed by atoms with Gasteiger partial charge < -0.3 is 10.1 Å². The lowest BCUT2D eigenvalue weighted by Crippen LogP contribution is -2.40. The van der Waals surface area contributed by atoms with E-state index < -0.39 is 0 Å². The van der Waals surface area contributed by atoms with Gasteiger partial charge in [0.25, 0.3) is 0 Å². The molecule has 0 aliphatic carbocycles. The van der Waals surface area contributed by atoms with Crippen LogP contribution in [0.3, 0.4) is 0 Å². The van der Waals surface area contributed by atoms with Gasteiger partial charge in [-0.1, -0.05) is 0 Å². The molecule has 0 aliphatic heterocycles. The molecular weight excluding hydrogens is 154 g/mol. The molecule has 0 rings (SSSR count). The third-order valence-corrected chi connectivity index (χ3v) is 1.51. The van der Waals surface area contributed by atoms with Gasteiger partial charge in [-0.2, -0.15) is 0 Å². The molecule has 0 aromatic carbocycles. The summed E-state index contributed by atoms with van der Waals surface area (Å²) in [4.78, 5) is 10.9. The molecule has 3 nitrogen and oxygen atoms in total. The summed E-state index contributed by atoms with van der Waals surface area (Å²) >= 11 is 0. The highest BCUT2D eigenvalue weighted by Crippen LogP contribution is 1.93. The predicted octanol–water partition coefficient (Wildman–Crippen LogP) is 0.549. The van der Waals surface area contributed by atoms with Crippen LogP contribution in [0.1, 0.15) is 20.3 Å². The fraction of sp³-hybridized carbons (Fsp3) is 0.667. The molecule has 1 N–H and O–H groups in total. The van der Waals surface area contributed by atoms with Gasteiger partial charge in [-0.25, -0.2) is 0 Å². The van der Waals surface area contributed by atoms with Crippen molar-refractivity contribution in [2.24, 2.45) is 0 Å². The summed E-state index contributed by atoms with van der Waals surface area (Å²) in [5.74, 6) is 2.25. The second-order valence-corrected chi connectivity index (χ2v) is 2.72. The van der Waals surface area contributed by atoms with Crippen molar-refractivity contribution in [1.29, 1.82) is 0 Å². The van der Waals surface area contributed by atoms with E-state index in [1.54, 1.807) is 6.92 Å². The van der Waals surface area contributed by atoms with Crippen molar-refractivity contribution in [3.63, 3.8) is 0 Å². The Morgan fingerprint density at radius 2 is 2.25 bits per heavy atom. The summed E-state index contributed by atoms with van der Waals surface area (Å²) in [7, 11) is 1.37. The molecule has 0 radical (unpaired) electrons. The Labute approximate surface area is 73.5 Å². The lowest BCUT2D eigenvalue weighted by Gasteiger charge is -2.15. The number of rotatable bonds is 4. The Kier molecular flexibility index (Phi) is 5.14. The van der Waals surface area contributed by atoms with Gasteiger partial charge in [-0.05, 0) is 13.8 Å². The molecule has 0 aromatic rings. The third kappa shape index (κ3) is 3.99. The molecule has 3 heteroatoms. The molecule has 0 aliphatic rings. The lowest BCUT2D eigenvalue weighted by molar-refractivity contribution is -0.142. The molecule has 0 saturated heterocycles. The van der Waals surface area contributed by atoms with Gasteiger partial charge in [0.2, 0.25) is 0 Å². The summed E-state index contributed by atoms with van der Waals surface area (Å²) in [6, 6.07) is -0.151. The van der Waals surface area contributed by atoms with Crippen molar-refractivity contribution < 1.29 is 9.53 Å². The zero-order valence-corrected chi connectivity index (χ0v) is 7.76. The molecule has 0 saturated carbocycles. The van der Waals surface area contributed by atoms with Crippen molar-refractivity contribution in [2.45, 2.75) is 32.4 Å². The number of hydrogen-bond acceptors (Lipinski definition) is 3. The zero-order valence-electron chi connectivity index (χ0n) is 7.76. The maximum atomic E-state index is 10.9. The number of esters is 1. The van der Waals surface area contributed by atoms with Crippen LogP contribution in [0, 0.1) is 12.3 Å². The first kappa shape index (κ1) is 11.0. The molecule has 0 aromatic heterocycles. The average Bonchev–Trinajstić information content (AvgIpc) is 2.03. The van der Waals surface area contributed by atoms with Crippen molar-refractivity contribution in [3.05, 3.63) is 0 Å². The Bertz CT molecular complexity index is 183. The number of nitrogens with one attached hydrogen (secondary N) is 1. The van der Waals surface area contributed by atoms with E-state index >= 15 is 0 Å². The predicted molar refractivity (Wildman–Crippen MR) is 47.5 cm³/mol. The van der Waals surface area contributed by atoms with E-state index in [0.717, 1.165) is 0 Å². The molecule has 2 unspecified atom stereocenters. The van der Waals surface area contributed by atoms with Gasteiger partial charge in [0.1, 0.15) is 6.04 Å². The number of carbonyl (C=O) groups excluding carboxylic acids is 1. The molecule has 12 heavy (non-hydrogen) atoms. The summed E-state index contributed by atoms with van der Waals surface area (Å²) in [6.07, 6.45) is 5.72. The van der Waals surface area contributed by atoms with Gasteiger partial charge in [0.05, 0.1) is 7.11 Å². The number of carbonyl (C=O) groups is 1. The lowest BCUT2D eigenvalue weighted by atomic mass is 10.2. The highest BCUT2D eigenvalue weighted by Gasteiger charge is 2.14. The average molecular weight is 169 g/mol. The van der Waals surface area contributed by atoms with Crippen molar-refractivity contribution in [2.75, 3.05) is 7.11 Å². The quantitative estimate of drug-likeness (QED) is 0.493. The summed E-state index contributed by atoms with van der Waals surface area (Å²) in [5, 5.41) is 3.01. The van der Waals surface area contributed by atoms with Crippen LogP contribution in [0.15, 0.2) is 0 Å². The molecule has 0 heterocycles. The van der Waals surface area contributed by atoms with Crippen LogP contribution in [-0.2, 0) is 9.53 Å². The molecule has 68 valence electrons. The Morgan fingerprint density at radius 3 is 2.67 bits per heavy atom. The van der Waals surface area contributed by atoms with Crippen LogP contribution in [-0.4, -0.2) is 25.2 Å². The highest BCUT2D eigenvalue weighted by molar-refractivity contribution is 5.75. The van der Waals surface area contributed by atoms with Gasteiger partial charge in [-0.3, -0.25) is 4.79 Å². The Morgan fingerprint density at radius 1 is 1.67 bits per heavy atom. The molecule has 2 atom stereocenters. The van der Waals surface area contributed by atoms with E-state index in [4.69, 9.17) is 6.42 Å². The van der Waals surface area contributed by atoms with Crippen molar-refractivity contribution >= 4 is 5.97 Å². The fourth-order valence-electron chi connectivity index (χ4n) is 0.907. The van der Waals surface area contributed by atoms with Crippen LogP contribution in [0.4, 0.5) is 0 Å². The fourth-order valence-corrected chi connectivity index (χ4v) is 0.907. The van der Waals surface area contributed by atoms with Gasteiger partial charge >= 0.3 is 5.97 Å². The summed E-state index contributed by atoms with van der Waals surface area (Å²) < 4.78 is 4.54. The first-order valence-corrected chi connectivity index (χ1v) is 3.89. The number of hydrogen-bond donors (Lipinski definition) is 1. The minimum Gasteiger partial charge on any atom is -0.468 e. The van der Waals surface area contributed by atoms with E-state index in [1.807, 2.05) is 6.92 Å². The molecule has 0 bridgehead atoms. The molecule has 0 amide bonds. The molecule has 0 spiro atoms. The topological polar surface area (TPSA) is 38.3 Å². The summed E-state index contributed by atoms with van der Waals surface area (Å²) in [5.41, 5.74) is 0. The maximum absolute atomic E-state index is 10.9. The Balaban J connectivity index is 3.76.